The molecular formula is C18H29BrIN3O2. The highest BCUT2D eigenvalue weighted by atomic mass is 127. The van der Waals surface area contributed by atoms with Crippen molar-refractivity contribution >= 4 is 45.9 Å². The van der Waals surface area contributed by atoms with E-state index in [4.69, 9.17) is 9.47 Å². The van der Waals surface area contributed by atoms with Gasteiger partial charge < -0.3 is 19.7 Å². The Balaban J connectivity index is 0.00000312. The lowest BCUT2D eigenvalue weighted by atomic mass is 10.1. The minimum Gasteiger partial charge on any atom is -0.382 e. The molecule has 1 aromatic carbocycles. The van der Waals surface area contributed by atoms with E-state index >= 15 is 0 Å². The van der Waals surface area contributed by atoms with Gasteiger partial charge in [-0.05, 0) is 36.6 Å². The highest BCUT2D eigenvalue weighted by Crippen LogP contribution is 2.18. The molecule has 1 aromatic rings. The van der Waals surface area contributed by atoms with Crippen molar-refractivity contribution in [2.45, 2.75) is 19.9 Å². The van der Waals surface area contributed by atoms with E-state index in [0.29, 0.717) is 19.1 Å². The molecule has 0 radical (unpaired) electrons. The van der Waals surface area contributed by atoms with E-state index in [0.717, 1.165) is 43.1 Å². The van der Waals surface area contributed by atoms with Crippen molar-refractivity contribution in [3.05, 3.63) is 33.8 Å². The van der Waals surface area contributed by atoms with Crippen LogP contribution in [0.25, 0.3) is 0 Å². The lowest BCUT2D eigenvalue weighted by Crippen LogP contribution is -2.40. The van der Waals surface area contributed by atoms with E-state index < -0.39 is 0 Å². The summed E-state index contributed by atoms with van der Waals surface area (Å²) in [4.78, 5) is 6.76. The van der Waals surface area contributed by atoms with Gasteiger partial charge in [-0.3, -0.25) is 4.99 Å². The Morgan fingerprint density at radius 3 is 2.88 bits per heavy atom. The molecule has 0 amide bonds. The van der Waals surface area contributed by atoms with Crippen molar-refractivity contribution in [2.24, 2.45) is 10.9 Å². The number of ether oxygens (including phenoxy) is 2. The number of methoxy groups -OCH3 is 1. The Kier molecular flexibility index (Phi) is 11.0. The van der Waals surface area contributed by atoms with Crippen LogP contribution >= 0.6 is 39.9 Å². The largest absolute Gasteiger partial charge is 0.382 e. The zero-order valence-electron chi connectivity index (χ0n) is 15.3. The van der Waals surface area contributed by atoms with Crippen LogP contribution in [0.5, 0.6) is 0 Å². The quantitative estimate of drug-likeness (QED) is 0.256. The average molecular weight is 526 g/mol. The van der Waals surface area contributed by atoms with Gasteiger partial charge in [-0.15, -0.1) is 24.0 Å². The van der Waals surface area contributed by atoms with Crippen LogP contribution in [0.15, 0.2) is 27.7 Å². The van der Waals surface area contributed by atoms with Gasteiger partial charge in [0.15, 0.2) is 5.96 Å². The summed E-state index contributed by atoms with van der Waals surface area (Å²) in [7, 11) is 3.54. The van der Waals surface area contributed by atoms with Gasteiger partial charge in [0.1, 0.15) is 0 Å². The first-order chi connectivity index (χ1) is 11.6. The van der Waals surface area contributed by atoms with Crippen LogP contribution in [-0.4, -0.2) is 57.9 Å². The summed E-state index contributed by atoms with van der Waals surface area (Å²) in [5.74, 6) is 1.53. The fourth-order valence-electron chi connectivity index (χ4n) is 2.92. The molecule has 1 aliphatic heterocycles. The molecule has 7 heteroatoms. The second-order valence-corrected chi connectivity index (χ2v) is 7.06. The van der Waals surface area contributed by atoms with E-state index in [1.165, 1.54) is 11.1 Å². The number of aryl methyl sites for hydroxylation is 1. The van der Waals surface area contributed by atoms with Crippen LogP contribution in [-0.2, 0) is 16.0 Å². The van der Waals surface area contributed by atoms with Crippen molar-refractivity contribution in [3.63, 3.8) is 0 Å². The second-order valence-electron chi connectivity index (χ2n) is 6.14. The number of nitrogens with zero attached hydrogens (tertiary/aromatic N) is 2. The number of aliphatic imine (C=N–C) groups is 1. The third kappa shape index (κ3) is 7.40. The highest BCUT2D eigenvalue weighted by molar-refractivity contribution is 14.0. The van der Waals surface area contributed by atoms with Crippen LogP contribution in [0.2, 0.25) is 0 Å². The van der Waals surface area contributed by atoms with E-state index in [-0.39, 0.29) is 24.0 Å². The molecule has 142 valence electrons. The maximum Gasteiger partial charge on any atom is 0.193 e. The summed E-state index contributed by atoms with van der Waals surface area (Å²) in [6.07, 6.45) is 1.14. The maximum atomic E-state index is 5.66. The summed E-state index contributed by atoms with van der Waals surface area (Å²) in [5.41, 5.74) is 2.57. The highest BCUT2D eigenvalue weighted by Gasteiger charge is 2.24. The van der Waals surface area contributed by atoms with Crippen LogP contribution in [0, 0.1) is 12.8 Å². The van der Waals surface area contributed by atoms with Crippen LogP contribution in [0.1, 0.15) is 17.5 Å². The summed E-state index contributed by atoms with van der Waals surface area (Å²) in [6, 6.07) is 6.37. The number of hydrogen-bond acceptors (Lipinski definition) is 3. The van der Waals surface area contributed by atoms with Gasteiger partial charge in [0, 0.05) is 44.2 Å². The molecular weight excluding hydrogens is 497 g/mol. The van der Waals surface area contributed by atoms with Gasteiger partial charge in [-0.25, -0.2) is 0 Å². The number of guanidine groups is 1. The first kappa shape index (κ1) is 22.7. The van der Waals surface area contributed by atoms with E-state index in [2.05, 4.69) is 56.3 Å². The normalized spacial score (nSPS) is 17.5. The number of benzene rings is 1. The monoisotopic (exact) mass is 525 g/mol. The molecule has 0 saturated carbocycles. The molecule has 0 aromatic heterocycles. The molecule has 1 N–H and O–H groups in total. The van der Waals surface area contributed by atoms with Crippen LogP contribution in [0.3, 0.4) is 0 Å². The van der Waals surface area contributed by atoms with Gasteiger partial charge in [-0.2, -0.15) is 0 Å². The van der Waals surface area contributed by atoms with Gasteiger partial charge in [-0.1, -0.05) is 22.0 Å². The first-order valence-corrected chi connectivity index (χ1v) is 9.20. The zero-order valence-corrected chi connectivity index (χ0v) is 19.2. The van der Waals surface area contributed by atoms with E-state index in [1.807, 2.05) is 7.05 Å². The van der Waals surface area contributed by atoms with E-state index in [9.17, 15) is 0 Å². The first-order valence-electron chi connectivity index (χ1n) is 8.41. The van der Waals surface area contributed by atoms with E-state index in [1.54, 1.807) is 7.11 Å². The van der Waals surface area contributed by atoms with Crippen molar-refractivity contribution in [2.75, 3.05) is 47.1 Å². The van der Waals surface area contributed by atoms with Crippen molar-refractivity contribution in [3.8, 4) is 0 Å². The maximum absolute atomic E-state index is 5.66. The number of rotatable bonds is 7. The predicted molar refractivity (Wildman–Crippen MR) is 117 cm³/mol. The molecule has 25 heavy (non-hydrogen) atoms. The molecule has 1 atom stereocenters. The van der Waals surface area contributed by atoms with Gasteiger partial charge in [0.25, 0.3) is 0 Å². The molecule has 1 unspecified atom stereocenters. The SMILES string of the molecule is CN=C(NCc1ccc(Br)cc1C)N1CCC(COCCOC)C1.I. The van der Waals surface area contributed by atoms with Gasteiger partial charge >= 0.3 is 0 Å². The molecule has 1 aliphatic rings. The number of hydrogen-bond donors (Lipinski definition) is 1. The summed E-state index contributed by atoms with van der Waals surface area (Å²) in [5, 5.41) is 3.48. The van der Waals surface area contributed by atoms with Crippen LogP contribution < -0.4 is 5.32 Å². The minimum absolute atomic E-state index is 0. The summed E-state index contributed by atoms with van der Waals surface area (Å²) in [6.45, 7) is 7.06. The van der Waals surface area contributed by atoms with Crippen molar-refractivity contribution in [1.82, 2.24) is 10.2 Å². The number of nitrogens with one attached hydrogen (secondary N) is 1. The molecule has 1 fully saturated rings. The summed E-state index contributed by atoms with van der Waals surface area (Å²) < 4.78 is 11.8. The summed E-state index contributed by atoms with van der Waals surface area (Å²) >= 11 is 3.51. The average Bonchev–Trinajstić information content (AvgIpc) is 3.03. The second kappa shape index (κ2) is 12.1. The predicted octanol–water partition coefficient (Wildman–Crippen LogP) is 3.44. The van der Waals surface area contributed by atoms with Gasteiger partial charge in [0.2, 0.25) is 0 Å². The molecule has 2 rings (SSSR count). The third-order valence-electron chi connectivity index (χ3n) is 4.32. The Morgan fingerprint density at radius 2 is 2.20 bits per heavy atom. The molecule has 0 spiro atoms. The van der Waals surface area contributed by atoms with Gasteiger partial charge in [0.05, 0.1) is 19.8 Å². The standard InChI is InChI=1S/C18H28BrN3O2.HI/c1-14-10-17(19)5-4-16(14)11-21-18(20-2)22-7-6-15(12-22)13-24-9-8-23-3;/h4-5,10,15H,6-9,11-13H2,1-3H3,(H,20,21);1H. The molecule has 5 nitrogen and oxygen atoms in total. The fourth-order valence-corrected chi connectivity index (χ4v) is 3.39. The molecule has 1 saturated heterocycles. The molecule has 1 heterocycles. The topological polar surface area (TPSA) is 46.1 Å². The Morgan fingerprint density at radius 1 is 1.40 bits per heavy atom. The van der Waals surface area contributed by atoms with Crippen LogP contribution in [0.4, 0.5) is 0 Å². The zero-order chi connectivity index (χ0) is 17.4. The number of likely N-dealkylation sites (tertiary alicyclic amines) is 1. The lowest BCUT2D eigenvalue weighted by Gasteiger charge is -2.22. The Bertz CT molecular complexity index is 557. The fraction of sp³-hybridized carbons (Fsp3) is 0.611. The third-order valence-corrected chi connectivity index (χ3v) is 4.82. The van der Waals surface area contributed by atoms with Crippen molar-refractivity contribution < 1.29 is 9.47 Å². The lowest BCUT2D eigenvalue weighted by molar-refractivity contribution is 0.0536. The molecule has 0 bridgehead atoms. The minimum atomic E-state index is 0. The number of halogens is 2. The smallest absolute Gasteiger partial charge is 0.193 e. The Hall–Kier alpha value is -0.380. The Labute approximate surface area is 176 Å². The van der Waals surface area contributed by atoms with Crippen molar-refractivity contribution in [1.29, 1.82) is 0 Å². The molecule has 0 aliphatic carbocycles.